The summed E-state index contributed by atoms with van der Waals surface area (Å²) < 4.78 is 0. The third-order valence-corrected chi connectivity index (χ3v) is 4.46. The van der Waals surface area contributed by atoms with Crippen molar-refractivity contribution in [1.82, 2.24) is 0 Å². The number of aryl methyl sites for hydroxylation is 1. The monoisotopic (exact) mass is 243 g/mol. The summed E-state index contributed by atoms with van der Waals surface area (Å²) in [5, 5.41) is 20.2. The van der Waals surface area contributed by atoms with Gasteiger partial charge in [0.1, 0.15) is 0 Å². The van der Waals surface area contributed by atoms with E-state index in [2.05, 4.69) is 13.0 Å². The van der Waals surface area contributed by atoms with E-state index in [9.17, 15) is 10.4 Å². The Bertz CT molecular complexity index is 462. The molecule has 2 rings (SSSR count). The number of benzene rings is 1. The minimum absolute atomic E-state index is 0.577. The molecule has 0 spiro atoms. The number of nitriles is 1. The van der Waals surface area contributed by atoms with Crippen LogP contribution in [-0.4, -0.2) is 5.11 Å². The van der Waals surface area contributed by atoms with Crippen LogP contribution in [0.3, 0.4) is 0 Å². The van der Waals surface area contributed by atoms with E-state index in [1.54, 1.807) is 0 Å². The zero-order chi connectivity index (χ0) is 13.2. The van der Waals surface area contributed by atoms with Crippen LogP contribution in [0.2, 0.25) is 0 Å². The predicted molar refractivity (Wildman–Crippen MR) is 71.8 cm³/mol. The largest absolute Gasteiger partial charge is 0.387 e. The maximum Gasteiger partial charge on any atom is 0.0978 e. The average molecular weight is 243 g/mol. The third-order valence-electron chi connectivity index (χ3n) is 4.46. The molecule has 0 aromatic heterocycles. The molecule has 3 atom stereocenters. The predicted octanol–water partition coefficient (Wildman–Crippen LogP) is 3.75. The summed E-state index contributed by atoms with van der Waals surface area (Å²) in [5.74, 6) is 0.586. The summed E-state index contributed by atoms with van der Waals surface area (Å²) in [5.41, 5.74) is 1.41. The van der Waals surface area contributed by atoms with Gasteiger partial charge in [0.15, 0.2) is 0 Å². The van der Waals surface area contributed by atoms with Gasteiger partial charge >= 0.3 is 0 Å². The lowest BCUT2D eigenvalue weighted by atomic mass is 9.77. The molecule has 1 N–H and O–H groups in total. The Morgan fingerprint density at radius 3 is 2.78 bits per heavy atom. The van der Waals surface area contributed by atoms with E-state index < -0.39 is 11.5 Å². The second-order valence-corrected chi connectivity index (χ2v) is 5.54. The van der Waals surface area contributed by atoms with Crippen LogP contribution in [0.25, 0.3) is 0 Å². The van der Waals surface area contributed by atoms with Gasteiger partial charge in [-0.05, 0) is 43.2 Å². The molecule has 1 saturated carbocycles. The molecule has 1 fully saturated rings. The zero-order valence-corrected chi connectivity index (χ0v) is 11.2. The van der Waals surface area contributed by atoms with Crippen molar-refractivity contribution in [3.8, 4) is 6.07 Å². The zero-order valence-electron chi connectivity index (χ0n) is 11.2. The standard InChI is InChI=1S/C16H21NO/c1-3-13-8-9-16(10-13,11-17)15(18)14-7-5-4-6-12(14)2/h4-7,13,15,18H,3,8-10H2,1-2H3. The van der Waals surface area contributed by atoms with Crippen LogP contribution in [0.5, 0.6) is 0 Å². The van der Waals surface area contributed by atoms with Crippen molar-refractivity contribution in [2.24, 2.45) is 11.3 Å². The number of aliphatic hydroxyl groups is 1. The summed E-state index contributed by atoms with van der Waals surface area (Å²) in [6.45, 7) is 4.16. The maximum absolute atomic E-state index is 10.6. The van der Waals surface area contributed by atoms with E-state index in [4.69, 9.17) is 0 Å². The average Bonchev–Trinajstić information content (AvgIpc) is 2.83. The lowest BCUT2D eigenvalue weighted by Gasteiger charge is -2.28. The highest BCUT2D eigenvalue weighted by atomic mass is 16.3. The first kappa shape index (κ1) is 13.1. The van der Waals surface area contributed by atoms with Crippen molar-refractivity contribution < 1.29 is 5.11 Å². The number of nitrogens with zero attached hydrogens (tertiary/aromatic N) is 1. The van der Waals surface area contributed by atoms with Crippen LogP contribution in [0.4, 0.5) is 0 Å². The molecule has 96 valence electrons. The highest BCUT2D eigenvalue weighted by Crippen LogP contribution is 2.50. The van der Waals surface area contributed by atoms with Crippen LogP contribution < -0.4 is 0 Å². The van der Waals surface area contributed by atoms with Gasteiger partial charge in [0, 0.05) is 0 Å². The van der Waals surface area contributed by atoms with Gasteiger partial charge in [0.05, 0.1) is 17.6 Å². The second-order valence-electron chi connectivity index (χ2n) is 5.54. The van der Waals surface area contributed by atoms with Crippen LogP contribution in [0, 0.1) is 29.6 Å². The summed E-state index contributed by atoms with van der Waals surface area (Å²) in [6, 6.07) is 10.3. The molecule has 0 aliphatic heterocycles. The van der Waals surface area contributed by atoms with Gasteiger partial charge in [-0.3, -0.25) is 0 Å². The molecule has 18 heavy (non-hydrogen) atoms. The van der Waals surface area contributed by atoms with Crippen LogP contribution in [0.1, 0.15) is 49.8 Å². The molecule has 0 radical (unpaired) electrons. The third kappa shape index (κ3) is 2.15. The SMILES string of the molecule is CCC1CCC(C#N)(C(O)c2ccccc2C)C1. The maximum atomic E-state index is 10.6. The molecular weight excluding hydrogens is 222 g/mol. The molecule has 1 aliphatic rings. The number of hydrogen-bond donors (Lipinski definition) is 1. The normalized spacial score (nSPS) is 28.9. The van der Waals surface area contributed by atoms with Crippen molar-refractivity contribution in [3.05, 3.63) is 35.4 Å². The first-order chi connectivity index (χ1) is 8.63. The first-order valence-electron chi connectivity index (χ1n) is 6.78. The first-order valence-corrected chi connectivity index (χ1v) is 6.78. The van der Waals surface area contributed by atoms with E-state index in [1.807, 2.05) is 31.2 Å². The summed E-state index contributed by atoms with van der Waals surface area (Å²) in [4.78, 5) is 0. The van der Waals surface area contributed by atoms with Crippen molar-refractivity contribution in [3.63, 3.8) is 0 Å². The Morgan fingerprint density at radius 1 is 1.50 bits per heavy atom. The Kier molecular flexibility index (Phi) is 3.73. The summed E-state index contributed by atoms with van der Waals surface area (Å²) in [6.07, 6.45) is 3.16. The van der Waals surface area contributed by atoms with Crippen molar-refractivity contribution in [2.45, 2.75) is 45.6 Å². The Morgan fingerprint density at radius 2 is 2.22 bits per heavy atom. The van der Waals surface area contributed by atoms with E-state index in [1.165, 1.54) is 0 Å². The lowest BCUT2D eigenvalue weighted by Crippen LogP contribution is -2.25. The van der Waals surface area contributed by atoms with Gasteiger partial charge in [0.25, 0.3) is 0 Å². The molecule has 2 nitrogen and oxygen atoms in total. The van der Waals surface area contributed by atoms with Crippen LogP contribution in [0.15, 0.2) is 24.3 Å². The van der Waals surface area contributed by atoms with Gasteiger partial charge in [-0.2, -0.15) is 5.26 Å². The molecule has 0 heterocycles. The lowest BCUT2D eigenvalue weighted by molar-refractivity contribution is 0.0635. The number of rotatable bonds is 3. The Balaban J connectivity index is 2.30. The van der Waals surface area contributed by atoms with Gasteiger partial charge in [0.2, 0.25) is 0 Å². The highest BCUT2D eigenvalue weighted by molar-refractivity contribution is 5.31. The van der Waals surface area contributed by atoms with E-state index in [0.29, 0.717) is 5.92 Å². The molecule has 0 saturated heterocycles. The topological polar surface area (TPSA) is 44.0 Å². The van der Waals surface area contributed by atoms with Crippen molar-refractivity contribution >= 4 is 0 Å². The summed E-state index contributed by atoms with van der Waals surface area (Å²) in [7, 11) is 0. The highest BCUT2D eigenvalue weighted by Gasteiger charge is 2.45. The molecule has 1 aliphatic carbocycles. The fraction of sp³-hybridized carbons (Fsp3) is 0.562. The number of hydrogen-bond acceptors (Lipinski definition) is 2. The quantitative estimate of drug-likeness (QED) is 0.878. The van der Waals surface area contributed by atoms with Gasteiger partial charge in [-0.1, -0.05) is 37.6 Å². The van der Waals surface area contributed by atoms with Crippen molar-refractivity contribution in [2.75, 3.05) is 0 Å². The van der Waals surface area contributed by atoms with E-state index in [0.717, 1.165) is 36.8 Å². The van der Waals surface area contributed by atoms with Crippen molar-refractivity contribution in [1.29, 1.82) is 5.26 Å². The minimum Gasteiger partial charge on any atom is -0.387 e. The fourth-order valence-corrected chi connectivity index (χ4v) is 3.13. The van der Waals surface area contributed by atoms with Gasteiger partial charge < -0.3 is 5.11 Å². The number of aliphatic hydroxyl groups excluding tert-OH is 1. The molecule has 0 bridgehead atoms. The van der Waals surface area contributed by atoms with E-state index >= 15 is 0 Å². The van der Waals surface area contributed by atoms with Gasteiger partial charge in [-0.25, -0.2) is 0 Å². The molecule has 1 aromatic rings. The van der Waals surface area contributed by atoms with Crippen LogP contribution in [-0.2, 0) is 0 Å². The molecule has 2 heteroatoms. The molecule has 3 unspecified atom stereocenters. The smallest absolute Gasteiger partial charge is 0.0978 e. The van der Waals surface area contributed by atoms with Gasteiger partial charge in [-0.15, -0.1) is 0 Å². The Labute approximate surface area is 109 Å². The Hall–Kier alpha value is -1.33. The minimum atomic E-state index is -0.653. The van der Waals surface area contributed by atoms with E-state index in [-0.39, 0.29) is 0 Å². The van der Waals surface area contributed by atoms with Crippen LogP contribution >= 0.6 is 0 Å². The molecule has 0 amide bonds. The second kappa shape index (κ2) is 5.12. The summed E-state index contributed by atoms with van der Waals surface area (Å²) >= 11 is 0. The molecule has 1 aromatic carbocycles. The molecular formula is C16H21NO. The fourth-order valence-electron chi connectivity index (χ4n) is 3.13.